The molecular formula is C15H20FNO3. The Kier molecular flexibility index (Phi) is 6.70. The highest BCUT2D eigenvalue weighted by Crippen LogP contribution is 2.12. The summed E-state index contributed by atoms with van der Waals surface area (Å²) in [5.41, 5.74) is 0.765. The minimum Gasteiger partial charge on any atom is -0.478 e. The van der Waals surface area contributed by atoms with E-state index in [4.69, 9.17) is 5.11 Å². The summed E-state index contributed by atoms with van der Waals surface area (Å²) in [4.78, 5) is 22.3. The summed E-state index contributed by atoms with van der Waals surface area (Å²) in [5, 5.41) is 11.5. The van der Waals surface area contributed by atoms with E-state index < -0.39 is 12.1 Å². The van der Waals surface area contributed by atoms with Crippen LogP contribution >= 0.6 is 0 Å². The molecule has 2 N–H and O–H groups in total. The lowest BCUT2D eigenvalue weighted by Crippen LogP contribution is -2.11. The molecule has 0 spiro atoms. The van der Waals surface area contributed by atoms with Crippen LogP contribution in [0, 0.1) is 0 Å². The van der Waals surface area contributed by atoms with Crippen LogP contribution in [0.25, 0.3) is 0 Å². The van der Waals surface area contributed by atoms with Crippen molar-refractivity contribution in [2.75, 3.05) is 5.32 Å². The lowest BCUT2D eigenvalue weighted by atomic mass is 10.1. The molecule has 1 atom stereocenters. The van der Waals surface area contributed by atoms with Crippen molar-refractivity contribution in [2.24, 2.45) is 0 Å². The second-order valence-electron chi connectivity index (χ2n) is 4.81. The van der Waals surface area contributed by atoms with E-state index in [-0.39, 0.29) is 11.5 Å². The molecule has 4 nitrogen and oxygen atoms in total. The van der Waals surface area contributed by atoms with Gasteiger partial charge in [-0.15, -0.1) is 0 Å². The van der Waals surface area contributed by atoms with E-state index in [0.717, 1.165) is 19.3 Å². The number of nitrogens with one attached hydrogen (secondary N) is 1. The van der Waals surface area contributed by atoms with Crippen LogP contribution in [0.5, 0.6) is 0 Å². The summed E-state index contributed by atoms with van der Waals surface area (Å²) in [7, 11) is 0. The van der Waals surface area contributed by atoms with Gasteiger partial charge in [-0.2, -0.15) is 0 Å². The zero-order chi connectivity index (χ0) is 15.0. The monoisotopic (exact) mass is 281 g/mol. The molecule has 0 aliphatic heterocycles. The van der Waals surface area contributed by atoms with Gasteiger partial charge in [0, 0.05) is 12.1 Å². The van der Waals surface area contributed by atoms with Gasteiger partial charge in [-0.1, -0.05) is 12.8 Å². The van der Waals surface area contributed by atoms with Crippen molar-refractivity contribution >= 4 is 17.6 Å². The van der Waals surface area contributed by atoms with E-state index in [1.807, 2.05) is 0 Å². The number of anilines is 1. The number of hydrogen-bond donors (Lipinski definition) is 2. The maximum atomic E-state index is 12.5. The molecule has 0 fully saturated rings. The molecular weight excluding hydrogens is 261 g/mol. The van der Waals surface area contributed by atoms with Gasteiger partial charge in [0.05, 0.1) is 11.7 Å². The van der Waals surface area contributed by atoms with E-state index in [1.165, 1.54) is 19.1 Å². The first-order valence-corrected chi connectivity index (χ1v) is 6.76. The van der Waals surface area contributed by atoms with Crippen molar-refractivity contribution in [2.45, 2.75) is 45.2 Å². The molecule has 20 heavy (non-hydrogen) atoms. The SMILES string of the molecule is CC(F)CCCCCC(=O)Nc1ccc(C(=O)O)cc1. The Morgan fingerprint density at radius 3 is 2.40 bits per heavy atom. The van der Waals surface area contributed by atoms with Gasteiger partial charge in [0.1, 0.15) is 0 Å². The molecule has 1 aromatic carbocycles. The molecule has 0 aliphatic rings. The Hall–Kier alpha value is -1.91. The molecule has 0 radical (unpaired) electrons. The maximum Gasteiger partial charge on any atom is 0.335 e. The zero-order valence-corrected chi connectivity index (χ0v) is 11.6. The summed E-state index contributed by atoms with van der Waals surface area (Å²) in [5.74, 6) is -1.11. The predicted molar refractivity (Wildman–Crippen MR) is 75.7 cm³/mol. The van der Waals surface area contributed by atoms with E-state index >= 15 is 0 Å². The molecule has 0 aliphatic carbocycles. The Labute approximate surface area is 118 Å². The fraction of sp³-hybridized carbons (Fsp3) is 0.467. The minimum atomic E-state index is -0.995. The zero-order valence-electron chi connectivity index (χ0n) is 11.6. The number of carbonyl (C=O) groups excluding carboxylic acids is 1. The molecule has 1 amide bonds. The Bertz CT molecular complexity index is 443. The molecule has 0 saturated heterocycles. The summed E-state index contributed by atoms with van der Waals surface area (Å²) < 4.78 is 12.5. The van der Waals surface area contributed by atoms with Gasteiger partial charge in [-0.05, 0) is 44.0 Å². The van der Waals surface area contributed by atoms with Gasteiger partial charge in [0.25, 0.3) is 0 Å². The molecule has 0 saturated carbocycles. The summed E-state index contributed by atoms with van der Waals surface area (Å²) in [6.07, 6.45) is 2.50. The van der Waals surface area contributed by atoms with E-state index in [2.05, 4.69) is 5.32 Å². The number of aromatic carboxylic acids is 1. The third-order valence-electron chi connectivity index (χ3n) is 2.92. The van der Waals surface area contributed by atoms with Crippen LogP contribution in [-0.4, -0.2) is 23.2 Å². The average molecular weight is 281 g/mol. The molecule has 0 bridgehead atoms. The number of carboxylic acid groups (broad SMARTS) is 1. The molecule has 1 aromatic rings. The smallest absolute Gasteiger partial charge is 0.335 e. The van der Waals surface area contributed by atoms with Gasteiger partial charge in [-0.3, -0.25) is 4.79 Å². The summed E-state index contributed by atoms with van der Waals surface area (Å²) >= 11 is 0. The van der Waals surface area contributed by atoms with E-state index in [1.54, 1.807) is 12.1 Å². The Balaban J connectivity index is 2.26. The van der Waals surface area contributed by atoms with Gasteiger partial charge in [0.2, 0.25) is 5.91 Å². The fourth-order valence-corrected chi connectivity index (χ4v) is 1.81. The first kappa shape index (κ1) is 16.1. The number of benzene rings is 1. The first-order chi connectivity index (χ1) is 9.49. The van der Waals surface area contributed by atoms with Gasteiger partial charge < -0.3 is 10.4 Å². The summed E-state index contributed by atoms with van der Waals surface area (Å²) in [6, 6.07) is 6.01. The third kappa shape index (κ3) is 6.31. The van der Waals surface area contributed by atoms with Crippen molar-refractivity contribution < 1.29 is 19.1 Å². The molecule has 0 heterocycles. The lowest BCUT2D eigenvalue weighted by Gasteiger charge is -2.06. The minimum absolute atomic E-state index is 0.110. The first-order valence-electron chi connectivity index (χ1n) is 6.76. The molecule has 110 valence electrons. The fourth-order valence-electron chi connectivity index (χ4n) is 1.81. The van der Waals surface area contributed by atoms with Crippen molar-refractivity contribution in [3.05, 3.63) is 29.8 Å². The number of carbonyl (C=O) groups is 2. The average Bonchev–Trinajstić information content (AvgIpc) is 2.38. The third-order valence-corrected chi connectivity index (χ3v) is 2.92. The van der Waals surface area contributed by atoms with Gasteiger partial charge in [0.15, 0.2) is 0 Å². The van der Waals surface area contributed by atoms with Crippen molar-refractivity contribution in [3.63, 3.8) is 0 Å². The maximum absolute atomic E-state index is 12.5. The molecule has 1 rings (SSSR count). The van der Waals surface area contributed by atoms with Crippen LogP contribution < -0.4 is 5.32 Å². The molecule has 1 unspecified atom stereocenters. The van der Waals surface area contributed by atoms with Crippen LogP contribution in [0.4, 0.5) is 10.1 Å². The number of unbranched alkanes of at least 4 members (excludes halogenated alkanes) is 2. The van der Waals surface area contributed by atoms with E-state index in [9.17, 15) is 14.0 Å². The molecule has 0 aromatic heterocycles. The van der Waals surface area contributed by atoms with Crippen molar-refractivity contribution in [1.29, 1.82) is 0 Å². The summed E-state index contributed by atoms with van der Waals surface area (Å²) in [6.45, 7) is 1.54. The number of amides is 1. The second-order valence-corrected chi connectivity index (χ2v) is 4.81. The quantitative estimate of drug-likeness (QED) is 0.715. The standard InChI is InChI=1S/C15H20FNO3/c1-11(16)5-3-2-4-6-14(18)17-13-9-7-12(8-10-13)15(19)20/h7-11H,2-6H2,1H3,(H,17,18)(H,19,20). The predicted octanol–water partition coefficient (Wildman–Crippen LogP) is 3.63. The van der Waals surface area contributed by atoms with Crippen LogP contribution in [0.3, 0.4) is 0 Å². The highest BCUT2D eigenvalue weighted by atomic mass is 19.1. The van der Waals surface area contributed by atoms with Crippen LogP contribution in [-0.2, 0) is 4.79 Å². The number of rotatable bonds is 8. The second kappa shape index (κ2) is 8.30. The van der Waals surface area contributed by atoms with Crippen molar-refractivity contribution in [1.82, 2.24) is 0 Å². The number of carboxylic acids is 1. The lowest BCUT2D eigenvalue weighted by molar-refractivity contribution is -0.116. The van der Waals surface area contributed by atoms with Crippen LogP contribution in [0.15, 0.2) is 24.3 Å². The van der Waals surface area contributed by atoms with Gasteiger partial charge in [-0.25, -0.2) is 9.18 Å². The Morgan fingerprint density at radius 1 is 1.20 bits per heavy atom. The normalized spacial score (nSPS) is 11.9. The topological polar surface area (TPSA) is 66.4 Å². The van der Waals surface area contributed by atoms with Gasteiger partial charge >= 0.3 is 5.97 Å². The van der Waals surface area contributed by atoms with Crippen LogP contribution in [0.2, 0.25) is 0 Å². The number of alkyl halides is 1. The van der Waals surface area contributed by atoms with Crippen LogP contribution in [0.1, 0.15) is 49.4 Å². The highest BCUT2D eigenvalue weighted by Gasteiger charge is 2.05. The number of hydrogen-bond acceptors (Lipinski definition) is 2. The van der Waals surface area contributed by atoms with Crippen molar-refractivity contribution in [3.8, 4) is 0 Å². The highest BCUT2D eigenvalue weighted by molar-refractivity contribution is 5.92. The van der Waals surface area contributed by atoms with E-state index in [0.29, 0.717) is 18.5 Å². The Morgan fingerprint density at radius 2 is 1.85 bits per heavy atom. The largest absolute Gasteiger partial charge is 0.478 e. The number of halogens is 1. The molecule has 5 heteroatoms.